The van der Waals surface area contributed by atoms with Crippen molar-refractivity contribution < 1.29 is 0 Å². The predicted molar refractivity (Wildman–Crippen MR) is 162 cm³/mol. The van der Waals surface area contributed by atoms with Gasteiger partial charge in [0.2, 0.25) is 0 Å². The van der Waals surface area contributed by atoms with Gasteiger partial charge in [-0.1, -0.05) is 58.9 Å². The van der Waals surface area contributed by atoms with E-state index < -0.39 is 0 Å². The van der Waals surface area contributed by atoms with E-state index in [9.17, 15) is 0 Å². The number of allylic oxidation sites excluding steroid dienone is 3. The van der Waals surface area contributed by atoms with Gasteiger partial charge in [-0.15, -0.1) is 11.8 Å². The fourth-order valence-corrected chi connectivity index (χ4v) is 5.84. The molecule has 1 aromatic rings. The minimum Gasteiger partial charge on any atom is -0.388 e. The molecule has 0 radical (unpaired) electrons. The maximum absolute atomic E-state index is 7.63. The molecule has 0 aliphatic carbocycles. The molecule has 37 heavy (non-hydrogen) atoms. The van der Waals surface area contributed by atoms with Gasteiger partial charge in [0, 0.05) is 60.8 Å². The van der Waals surface area contributed by atoms with Gasteiger partial charge in [0.25, 0.3) is 0 Å². The highest BCUT2D eigenvalue weighted by Crippen LogP contribution is 2.42. The number of hydrazine groups is 1. The Hall–Kier alpha value is -3.03. The predicted octanol–water partition coefficient (Wildman–Crippen LogP) is 6.61. The Bertz CT molecular complexity index is 1130. The van der Waals surface area contributed by atoms with Crippen molar-refractivity contribution in [2.45, 2.75) is 52.5 Å². The van der Waals surface area contributed by atoms with Gasteiger partial charge in [-0.3, -0.25) is 4.99 Å². The Balaban J connectivity index is 0.00000186. The van der Waals surface area contributed by atoms with Gasteiger partial charge in [0.1, 0.15) is 0 Å². The minimum absolute atomic E-state index is 0.0523. The smallest absolute Gasteiger partial charge is 0.0752 e. The molecule has 0 fully saturated rings. The normalized spacial score (nSPS) is 20.5. The van der Waals surface area contributed by atoms with Gasteiger partial charge in [-0.05, 0) is 52.2 Å². The summed E-state index contributed by atoms with van der Waals surface area (Å²) >= 11 is 1.87. The van der Waals surface area contributed by atoms with E-state index in [1.807, 2.05) is 44.9 Å². The van der Waals surface area contributed by atoms with E-state index in [1.165, 1.54) is 35.1 Å². The summed E-state index contributed by atoms with van der Waals surface area (Å²) < 4.78 is 0. The van der Waals surface area contributed by atoms with Gasteiger partial charge in [0.05, 0.1) is 11.7 Å². The van der Waals surface area contributed by atoms with Crippen LogP contribution in [-0.2, 0) is 0 Å². The summed E-state index contributed by atoms with van der Waals surface area (Å²) in [5, 5.41) is 14.3. The van der Waals surface area contributed by atoms with Crippen LogP contribution in [-0.4, -0.2) is 31.8 Å². The Labute approximate surface area is 227 Å². The molecule has 198 valence electrons. The summed E-state index contributed by atoms with van der Waals surface area (Å²) in [5.41, 5.74) is 15.3. The summed E-state index contributed by atoms with van der Waals surface area (Å²) in [5.74, 6) is 1.09. The van der Waals surface area contributed by atoms with Crippen LogP contribution in [0.1, 0.15) is 63.6 Å². The Morgan fingerprint density at radius 1 is 1.30 bits per heavy atom. The number of nitrogens with one attached hydrogen (secondary N) is 5. The topological polar surface area (TPSA) is 84.3 Å². The van der Waals surface area contributed by atoms with Crippen molar-refractivity contribution in [2.24, 2.45) is 10.9 Å². The molecule has 3 heterocycles. The highest BCUT2D eigenvalue weighted by molar-refractivity contribution is 8.03. The second-order valence-corrected chi connectivity index (χ2v) is 10.1. The number of nitrogens with zero attached hydrogens (tertiary/aromatic N) is 1. The van der Waals surface area contributed by atoms with E-state index in [1.54, 1.807) is 0 Å². The first-order valence-electron chi connectivity index (χ1n) is 13.3. The van der Waals surface area contributed by atoms with Gasteiger partial charge >= 0.3 is 0 Å². The van der Waals surface area contributed by atoms with E-state index >= 15 is 0 Å². The van der Waals surface area contributed by atoms with Crippen molar-refractivity contribution in [3.8, 4) is 0 Å². The number of aliphatic imine (C=N–C) groups is 1. The van der Waals surface area contributed by atoms with Crippen molar-refractivity contribution in [1.29, 1.82) is 5.41 Å². The fraction of sp³-hybridized carbons (Fsp3) is 0.400. The second kappa shape index (κ2) is 14.1. The van der Waals surface area contributed by atoms with Crippen LogP contribution in [0.2, 0.25) is 0 Å². The number of thioether (sulfide) groups is 1. The quantitative estimate of drug-likeness (QED) is 0.178. The van der Waals surface area contributed by atoms with Gasteiger partial charge in [-0.2, -0.15) is 0 Å². The van der Waals surface area contributed by atoms with Crippen molar-refractivity contribution in [3.63, 3.8) is 0 Å². The van der Waals surface area contributed by atoms with Crippen LogP contribution in [0.3, 0.4) is 0 Å². The zero-order valence-corrected chi connectivity index (χ0v) is 23.5. The zero-order valence-electron chi connectivity index (χ0n) is 22.7. The number of benzene rings is 1. The highest BCUT2D eigenvalue weighted by Gasteiger charge is 2.31. The molecule has 3 aliphatic heterocycles. The maximum atomic E-state index is 7.63. The van der Waals surface area contributed by atoms with Crippen LogP contribution in [0.5, 0.6) is 0 Å². The van der Waals surface area contributed by atoms with Crippen LogP contribution in [0.25, 0.3) is 0 Å². The third-order valence-electron chi connectivity index (χ3n) is 6.69. The molecular weight excluding hydrogens is 476 g/mol. The SMILES string of the molecule is C=C1C=C(C2C=NC=C(C(=C)NCCCCC)C2)SCC2=C1NNC2c1ccc(C=N)c(NC)c1.CC. The Morgan fingerprint density at radius 3 is 2.84 bits per heavy atom. The van der Waals surface area contributed by atoms with Crippen LogP contribution in [0.4, 0.5) is 5.69 Å². The average Bonchev–Trinajstić information content (AvgIpc) is 3.30. The van der Waals surface area contributed by atoms with Crippen molar-refractivity contribution in [2.75, 3.05) is 24.7 Å². The standard InChI is InChI=1S/C28H36N6S.C2H6/c1-5-6-7-10-32-19(3)22-12-23(16-31-15-22)26-11-18(2)27-24(17-35-26)28(34-33-27)20-8-9-21(14-29)25(13-20)30-4;1-2/h8-9,11,13-16,23,28-30,32-34H,2-3,5-7,10,12,17H2,1,4H3;1-2H3. The van der Waals surface area contributed by atoms with E-state index in [0.717, 1.165) is 58.9 Å². The molecule has 5 N–H and O–H groups in total. The number of anilines is 1. The third kappa shape index (κ3) is 6.84. The first kappa shape index (κ1) is 28.5. The molecule has 0 aromatic heterocycles. The number of hydrogen-bond donors (Lipinski definition) is 5. The monoisotopic (exact) mass is 518 g/mol. The summed E-state index contributed by atoms with van der Waals surface area (Å²) in [4.78, 5) is 5.85. The molecule has 0 saturated carbocycles. The molecule has 4 rings (SSSR count). The van der Waals surface area contributed by atoms with Gasteiger partial charge in [-0.25, -0.2) is 5.43 Å². The lowest BCUT2D eigenvalue weighted by molar-refractivity contribution is 0.590. The fourth-order valence-electron chi connectivity index (χ4n) is 4.62. The molecule has 0 bridgehead atoms. The summed E-state index contributed by atoms with van der Waals surface area (Å²) in [6, 6.07) is 6.25. The first-order valence-corrected chi connectivity index (χ1v) is 14.3. The number of unbranched alkanes of at least 4 members (excludes halogenated alkanes) is 2. The molecule has 2 atom stereocenters. The van der Waals surface area contributed by atoms with Crippen LogP contribution >= 0.6 is 11.8 Å². The molecule has 0 saturated heterocycles. The van der Waals surface area contributed by atoms with Gasteiger partial charge < -0.3 is 21.5 Å². The molecule has 1 aromatic carbocycles. The van der Waals surface area contributed by atoms with Crippen molar-refractivity contribution >= 4 is 29.9 Å². The maximum Gasteiger partial charge on any atom is 0.0752 e. The largest absolute Gasteiger partial charge is 0.388 e. The Kier molecular flexibility index (Phi) is 10.8. The third-order valence-corrected chi connectivity index (χ3v) is 7.90. The number of hydrogen-bond acceptors (Lipinski definition) is 7. The van der Waals surface area contributed by atoms with Crippen LogP contribution in [0.15, 0.2) is 81.6 Å². The lowest BCUT2D eigenvalue weighted by Crippen LogP contribution is -2.28. The minimum atomic E-state index is 0.0523. The lowest BCUT2D eigenvalue weighted by atomic mass is 9.94. The zero-order chi connectivity index (χ0) is 26.8. The summed E-state index contributed by atoms with van der Waals surface area (Å²) in [6.07, 6.45) is 12.1. The van der Waals surface area contributed by atoms with E-state index in [4.69, 9.17) is 5.41 Å². The molecule has 7 heteroatoms. The van der Waals surface area contributed by atoms with Crippen molar-refractivity contribution in [1.82, 2.24) is 16.2 Å². The van der Waals surface area contributed by atoms with Gasteiger partial charge in [0.15, 0.2) is 0 Å². The number of rotatable bonds is 10. The van der Waals surface area contributed by atoms with Crippen LogP contribution < -0.4 is 21.5 Å². The lowest BCUT2D eigenvalue weighted by Gasteiger charge is -2.23. The molecule has 0 amide bonds. The summed E-state index contributed by atoms with van der Waals surface area (Å²) in [6.45, 7) is 15.8. The summed E-state index contributed by atoms with van der Waals surface area (Å²) in [7, 11) is 1.89. The van der Waals surface area contributed by atoms with E-state index in [-0.39, 0.29) is 12.0 Å². The molecule has 3 aliphatic rings. The average molecular weight is 519 g/mol. The second-order valence-electron chi connectivity index (χ2n) is 9.08. The molecular formula is C30H42N6S. The first-order chi connectivity index (χ1) is 18.0. The van der Waals surface area contributed by atoms with E-state index in [0.29, 0.717) is 0 Å². The van der Waals surface area contributed by atoms with E-state index in [2.05, 4.69) is 71.0 Å². The van der Waals surface area contributed by atoms with Crippen molar-refractivity contribution in [3.05, 3.63) is 87.8 Å². The van der Waals surface area contributed by atoms with Crippen LogP contribution in [0, 0.1) is 11.3 Å². The molecule has 0 spiro atoms. The highest BCUT2D eigenvalue weighted by atomic mass is 32.2. The Morgan fingerprint density at radius 2 is 2.11 bits per heavy atom. The molecule has 6 nitrogen and oxygen atoms in total. The molecule has 2 unspecified atom stereocenters.